The van der Waals surface area contributed by atoms with E-state index in [0.717, 1.165) is 25.7 Å². The van der Waals surface area contributed by atoms with Gasteiger partial charge in [0.1, 0.15) is 11.2 Å². The average Bonchev–Trinajstić information content (AvgIpc) is 3.22. The van der Waals surface area contributed by atoms with Crippen molar-refractivity contribution in [2.75, 3.05) is 12.4 Å². The predicted octanol–water partition coefficient (Wildman–Crippen LogP) is 2.63. The molecule has 1 fully saturated rings. The highest BCUT2D eigenvalue weighted by atomic mass is 16.2. The summed E-state index contributed by atoms with van der Waals surface area (Å²) >= 11 is 0. The maximum Gasteiger partial charge on any atom is 0.276 e. The van der Waals surface area contributed by atoms with E-state index in [-0.39, 0.29) is 41.6 Å². The van der Waals surface area contributed by atoms with Crippen LogP contribution in [0.25, 0.3) is 0 Å². The van der Waals surface area contributed by atoms with Crippen molar-refractivity contribution in [1.29, 1.82) is 0 Å². The van der Waals surface area contributed by atoms with Crippen LogP contribution < -0.4 is 10.6 Å². The molecule has 0 radical (unpaired) electrons. The van der Waals surface area contributed by atoms with E-state index in [9.17, 15) is 19.2 Å². The lowest BCUT2D eigenvalue weighted by atomic mass is 9.92. The molecule has 2 heterocycles. The Morgan fingerprint density at radius 3 is 2.39 bits per heavy atom. The second-order valence-electron chi connectivity index (χ2n) is 9.11. The number of benzene rings is 1. The van der Waals surface area contributed by atoms with Crippen molar-refractivity contribution in [3.8, 4) is 0 Å². The van der Waals surface area contributed by atoms with Gasteiger partial charge in [0.05, 0.1) is 6.54 Å². The molecule has 9 heteroatoms. The zero-order valence-electron chi connectivity index (χ0n) is 19.2. The molecule has 0 saturated heterocycles. The lowest BCUT2D eigenvalue weighted by Gasteiger charge is -2.41. The van der Waals surface area contributed by atoms with Crippen LogP contribution in [-0.4, -0.2) is 56.8 Å². The number of likely N-dealkylation sites (N-methyl/N-ethyl adjacent to an activating group) is 1. The molecule has 0 bridgehead atoms. The van der Waals surface area contributed by atoms with Gasteiger partial charge >= 0.3 is 0 Å². The zero-order chi connectivity index (χ0) is 23.8. The van der Waals surface area contributed by atoms with E-state index in [1.807, 2.05) is 0 Å². The molecule has 33 heavy (non-hydrogen) atoms. The minimum Gasteiger partial charge on any atom is -0.351 e. The van der Waals surface area contributed by atoms with Gasteiger partial charge in [-0.25, -0.2) is 0 Å². The minimum absolute atomic E-state index is 0.0622. The number of amides is 3. The summed E-state index contributed by atoms with van der Waals surface area (Å²) in [6.07, 6.45) is 5.27. The van der Waals surface area contributed by atoms with Gasteiger partial charge in [0.15, 0.2) is 11.5 Å². The number of carbonyl (C=O) groups is 4. The molecule has 4 rings (SSSR count). The van der Waals surface area contributed by atoms with Crippen LogP contribution in [0.4, 0.5) is 5.69 Å². The van der Waals surface area contributed by atoms with Crippen LogP contribution >= 0.6 is 0 Å². The van der Waals surface area contributed by atoms with Crippen molar-refractivity contribution in [2.45, 2.75) is 64.1 Å². The topological polar surface area (TPSA) is 113 Å². The molecule has 2 N–H and O–H groups in total. The number of ketones is 1. The Labute approximate surface area is 192 Å². The summed E-state index contributed by atoms with van der Waals surface area (Å²) in [6, 6.07) is 8.10. The normalized spacial score (nSPS) is 20.8. The second-order valence-corrected chi connectivity index (χ2v) is 9.11. The first-order chi connectivity index (χ1) is 15.7. The van der Waals surface area contributed by atoms with Gasteiger partial charge in [0.25, 0.3) is 11.8 Å². The Morgan fingerprint density at radius 2 is 1.76 bits per heavy atom. The number of aromatic nitrogens is 2. The van der Waals surface area contributed by atoms with Gasteiger partial charge in [0.2, 0.25) is 5.91 Å². The first-order valence-electron chi connectivity index (χ1n) is 11.3. The van der Waals surface area contributed by atoms with Crippen molar-refractivity contribution in [1.82, 2.24) is 20.0 Å². The molecule has 1 aromatic heterocycles. The molecule has 1 aliphatic heterocycles. The molecule has 1 saturated carbocycles. The Morgan fingerprint density at radius 1 is 1.09 bits per heavy atom. The summed E-state index contributed by atoms with van der Waals surface area (Å²) in [5.41, 5.74) is 0.293. The molecule has 1 atom stereocenters. The van der Waals surface area contributed by atoms with Crippen LogP contribution in [0.3, 0.4) is 0 Å². The highest BCUT2D eigenvalue weighted by molar-refractivity contribution is 6.06. The van der Waals surface area contributed by atoms with E-state index in [1.54, 1.807) is 38.2 Å². The Balaban J connectivity index is 1.51. The highest BCUT2D eigenvalue weighted by Crippen LogP contribution is 2.27. The van der Waals surface area contributed by atoms with E-state index in [0.29, 0.717) is 11.3 Å². The van der Waals surface area contributed by atoms with Crippen LogP contribution in [0, 0.1) is 0 Å². The van der Waals surface area contributed by atoms with E-state index in [2.05, 4.69) is 15.7 Å². The van der Waals surface area contributed by atoms with Crippen molar-refractivity contribution in [3.63, 3.8) is 0 Å². The number of hydrogen-bond donors (Lipinski definition) is 2. The lowest BCUT2D eigenvalue weighted by Crippen LogP contribution is -2.63. The molecule has 1 aliphatic carbocycles. The van der Waals surface area contributed by atoms with Gasteiger partial charge in [-0.05, 0) is 51.0 Å². The third kappa shape index (κ3) is 4.40. The Hall–Kier alpha value is -3.49. The second kappa shape index (κ2) is 8.80. The van der Waals surface area contributed by atoms with Gasteiger partial charge in [-0.15, -0.1) is 0 Å². The van der Waals surface area contributed by atoms with Gasteiger partial charge in [-0.1, -0.05) is 19.3 Å². The molecule has 2 aromatic rings. The van der Waals surface area contributed by atoms with E-state index in [4.69, 9.17) is 0 Å². The average molecular weight is 452 g/mol. The number of rotatable bonds is 5. The van der Waals surface area contributed by atoms with Crippen LogP contribution in [0.5, 0.6) is 0 Å². The van der Waals surface area contributed by atoms with Gasteiger partial charge in [0, 0.05) is 30.4 Å². The number of nitrogens with one attached hydrogen (secondary N) is 2. The number of Topliss-reactive ketones (excluding diaryl/α,β-unsaturated/α-hetero) is 1. The van der Waals surface area contributed by atoms with Crippen LogP contribution in [0.1, 0.15) is 77.3 Å². The number of nitrogens with zero attached hydrogens (tertiary/aromatic N) is 3. The molecular formula is C24H29N5O4. The van der Waals surface area contributed by atoms with Crippen LogP contribution in [0.2, 0.25) is 0 Å². The van der Waals surface area contributed by atoms with Crippen LogP contribution in [0.15, 0.2) is 30.3 Å². The van der Waals surface area contributed by atoms with Gasteiger partial charge in [-0.3, -0.25) is 23.9 Å². The smallest absolute Gasteiger partial charge is 0.276 e. The number of anilines is 1. The molecule has 1 aromatic carbocycles. The van der Waals surface area contributed by atoms with Gasteiger partial charge < -0.3 is 15.5 Å². The molecule has 0 spiro atoms. The fraction of sp³-hybridized carbons (Fsp3) is 0.458. The molecule has 174 valence electrons. The quantitative estimate of drug-likeness (QED) is 0.679. The maximum absolute atomic E-state index is 13.2. The number of carbonyl (C=O) groups excluding carboxylic acids is 4. The summed E-state index contributed by atoms with van der Waals surface area (Å²) < 4.78 is 1.44. The largest absolute Gasteiger partial charge is 0.351 e. The fourth-order valence-electron chi connectivity index (χ4n) is 4.41. The Bertz CT molecular complexity index is 1100. The first kappa shape index (κ1) is 22.7. The maximum atomic E-state index is 13.2. The van der Waals surface area contributed by atoms with E-state index < -0.39 is 11.4 Å². The lowest BCUT2D eigenvalue weighted by molar-refractivity contribution is -0.133. The Kier molecular flexibility index (Phi) is 6.05. The monoisotopic (exact) mass is 451 g/mol. The number of fused-ring (bicyclic) bond motifs is 1. The highest BCUT2D eigenvalue weighted by Gasteiger charge is 2.46. The van der Waals surface area contributed by atoms with Crippen molar-refractivity contribution in [3.05, 3.63) is 47.3 Å². The third-order valence-corrected chi connectivity index (χ3v) is 6.71. The van der Waals surface area contributed by atoms with Crippen LogP contribution in [-0.2, 0) is 11.3 Å². The zero-order valence-corrected chi connectivity index (χ0v) is 19.2. The van der Waals surface area contributed by atoms with Gasteiger partial charge in [-0.2, -0.15) is 5.10 Å². The summed E-state index contributed by atoms with van der Waals surface area (Å²) in [6.45, 7) is 3.36. The SMILES string of the molecule is CC(=O)c1ccc(NC(=O)c2cc3n(n2)C[C@](C)(C(=O)NC2CCCCC2)N(C)C3=O)cc1. The molecule has 9 nitrogen and oxygen atoms in total. The summed E-state index contributed by atoms with van der Waals surface area (Å²) in [5.74, 6) is -1.10. The molecule has 0 unspecified atom stereocenters. The molecule has 2 aliphatic rings. The third-order valence-electron chi connectivity index (χ3n) is 6.71. The van der Waals surface area contributed by atoms with E-state index >= 15 is 0 Å². The first-order valence-corrected chi connectivity index (χ1v) is 11.3. The fourth-order valence-corrected chi connectivity index (χ4v) is 4.41. The van der Waals surface area contributed by atoms with E-state index in [1.165, 1.54) is 29.0 Å². The standard InChI is InChI=1S/C24H29N5O4/c1-15(30)16-9-11-18(12-10-16)25-21(31)19-13-20-22(32)28(3)24(2,14-29(20)27-19)23(33)26-17-7-5-4-6-8-17/h9-13,17H,4-8,14H2,1-3H3,(H,25,31)(H,26,33)/t24-/m1/s1. The van der Waals surface area contributed by atoms with Crippen molar-refractivity contribution >= 4 is 29.2 Å². The predicted molar refractivity (Wildman–Crippen MR) is 122 cm³/mol. The minimum atomic E-state index is -1.11. The number of hydrogen-bond acceptors (Lipinski definition) is 5. The molecular weight excluding hydrogens is 422 g/mol. The summed E-state index contributed by atoms with van der Waals surface area (Å²) in [7, 11) is 1.61. The molecule has 3 amide bonds. The van der Waals surface area contributed by atoms with Crippen molar-refractivity contribution in [2.24, 2.45) is 0 Å². The summed E-state index contributed by atoms with van der Waals surface area (Å²) in [5, 5.41) is 10.2. The van der Waals surface area contributed by atoms with Crippen molar-refractivity contribution < 1.29 is 19.2 Å². The summed E-state index contributed by atoms with van der Waals surface area (Å²) in [4.78, 5) is 51.8.